The molecule has 0 saturated carbocycles. The second-order valence-corrected chi connectivity index (χ2v) is 3.36. The van der Waals surface area contributed by atoms with Gasteiger partial charge in [-0.3, -0.25) is 0 Å². The monoisotopic (exact) mass is 210 g/mol. The molecule has 0 fully saturated rings. The molecule has 0 amide bonds. The fraction of sp³-hybridized carbons (Fsp3) is 0.417. The van der Waals surface area contributed by atoms with E-state index in [-0.39, 0.29) is 6.10 Å². The Morgan fingerprint density at radius 1 is 1.40 bits per heavy atom. The Balaban J connectivity index is 2.65. The second kappa shape index (κ2) is 5.49. The number of rotatable bonds is 4. The lowest BCUT2D eigenvalue weighted by atomic mass is 10.1. The predicted molar refractivity (Wildman–Crippen MR) is 56.3 cm³/mol. The zero-order valence-electron chi connectivity index (χ0n) is 9.00. The summed E-state index contributed by atoms with van der Waals surface area (Å²) in [6.07, 6.45) is 0.581. The molecule has 3 heteroatoms. The fourth-order valence-electron chi connectivity index (χ4n) is 1.32. The summed E-state index contributed by atoms with van der Waals surface area (Å²) in [5.41, 5.74) is 2.11. The molecular weight excluding hydrogens is 195 g/mol. The normalized spacial score (nSPS) is 12.2. The SMILES string of the molecule is CCc1ccc(C(C)OC(=O)CF)cc1. The molecule has 0 aromatic heterocycles. The number of carbonyl (C=O) groups excluding carboxylic acids is 1. The molecule has 1 aromatic carbocycles. The quantitative estimate of drug-likeness (QED) is 0.714. The van der Waals surface area contributed by atoms with Crippen LogP contribution in [0.25, 0.3) is 0 Å². The molecular formula is C12H15FO2. The van der Waals surface area contributed by atoms with Crippen LogP contribution in [0, 0.1) is 0 Å². The number of carbonyl (C=O) groups is 1. The maximum atomic E-state index is 11.9. The highest BCUT2D eigenvalue weighted by atomic mass is 19.1. The van der Waals surface area contributed by atoms with Gasteiger partial charge in [0.25, 0.3) is 0 Å². The first-order chi connectivity index (χ1) is 7.17. The summed E-state index contributed by atoms with van der Waals surface area (Å²) < 4.78 is 16.8. The Morgan fingerprint density at radius 3 is 2.47 bits per heavy atom. The van der Waals surface area contributed by atoms with E-state index in [1.165, 1.54) is 5.56 Å². The van der Waals surface area contributed by atoms with Gasteiger partial charge in [0, 0.05) is 0 Å². The van der Waals surface area contributed by atoms with Crippen molar-refractivity contribution in [3.05, 3.63) is 35.4 Å². The largest absolute Gasteiger partial charge is 0.456 e. The topological polar surface area (TPSA) is 26.3 Å². The van der Waals surface area contributed by atoms with Crippen LogP contribution in [0.4, 0.5) is 4.39 Å². The maximum absolute atomic E-state index is 11.9. The summed E-state index contributed by atoms with van der Waals surface area (Å²) in [6, 6.07) is 7.76. The molecule has 0 aliphatic carbocycles. The number of esters is 1. The lowest BCUT2D eigenvalue weighted by Crippen LogP contribution is -2.10. The van der Waals surface area contributed by atoms with E-state index in [1.54, 1.807) is 6.92 Å². The molecule has 1 unspecified atom stereocenters. The minimum atomic E-state index is -1.07. The minimum Gasteiger partial charge on any atom is -0.456 e. The van der Waals surface area contributed by atoms with Gasteiger partial charge in [-0.1, -0.05) is 31.2 Å². The molecule has 0 aliphatic rings. The summed E-state index contributed by atoms with van der Waals surface area (Å²) in [5, 5.41) is 0. The summed E-state index contributed by atoms with van der Waals surface area (Å²) in [7, 11) is 0. The van der Waals surface area contributed by atoms with Crippen LogP contribution < -0.4 is 0 Å². The Kier molecular flexibility index (Phi) is 4.28. The number of hydrogen-bond donors (Lipinski definition) is 0. The van der Waals surface area contributed by atoms with Crippen molar-refractivity contribution in [2.75, 3.05) is 6.67 Å². The first-order valence-electron chi connectivity index (χ1n) is 5.01. The standard InChI is InChI=1S/C12H15FO2/c1-3-10-4-6-11(7-5-10)9(2)15-12(14)8-13/h4-7,9H,3,8H2,1-2H3. The maximum Gasteiger partial charge on any atom is 0.338 e. The summed E-state index contributed by atoms with van der Waals surface area (Å²) in [5.74, 6) is -0.818. The van der Waals surface area contributed by atoms with Gasteiger partial charge in [-0.2, -0.15) is 0 Å². The first-order valence-corrected chi connectivity index (χ1v) is 5.01. The molecule has 82 valence electrons. The van der Waals surface area contributed by atoms with Crippen molar-refractivity contribution in [1.29, 1.82) is 0 Å². The van der Waals surface area contributed by atoms with Gasteiger partial charge >= 0.3 is 5.97 Å². The Morgan fingerprint density at radius 2 is 2.00 bits per heavy atom. The van der Waals surface area contributed by atoms with E-state index in [4.69, 9.17) is 4.74 Å². The van der Waals surface area contributed by atoms with Gasteiger partial charge in [0.15, 0.2) is 6.67 Å². The van der Waals surface area contributed by atoms with Crippen LogP contribution in [-0.2, 0) is 16.0 Å². The zero-order valence-corrected chi connectivity index (χ0v) is 9.00. The van der Waals surface area contributed by atoms with Gasteiger partial charge in [0.1, 0.15) is 6.10 Å². The van der Waals surface area contributed by atoms with Gasteiger partial charge in [-0.25, -0.2) is 9.18 Å². The molecule has 0 saturated heterocycles. The Labute approximate surface area is 89.1 Å². The van der Waals surface area contributed by atoms with E-state index in [2.05, 4.69) is 6.92 Å². The van der Waals surface area contributed by atoms with Crippen LogP contribution in [-0.4, -0.2) is 12.6 Å². The Hall–Kier alpha value is -1.38. The van der Waals surface area contributed by atoms with Crippen LogP contribution in [0.1, 0.15) is 31.1 Å². The van der Waals surface area contributed by atoms with Crippen molar-refractivity contribution in [1.82, 2.24) is 0 Å². The predicted octanol–water partition coefficient (Wildman–Crippen LogP) is 2.82. The minimum absolute atomic E-state index is 0.390. The van der Waals surface area contributed by atoms with Gasteiger partial charge in [0.05, 0.1) is 0 Å². The summed E-state index contributed by atoms with van der Waals surface area (Å²) in [6.45, 7) is 2.73. The van der Waals surface area contributed by atoms with E-state index in [0.29, 0.717) is 0 Å². The average molecular weight is 210 g/mol. The van der Waals surface area contributed by atoms with Crippen LogP contribution in [0.15, 0.2) is 24.3 Å². The van der Waals surface area contributed by atoms with Crippen LogP contribution in [0.3, 0.4) is 0 Å². The van der Waals surface area contributed by atoms with Crippen molar-refractivity contribution in [2.24, 2.45) is 0 Å². The van der Waals surface area contributed by atoms with E-state index in [1.807, 2.05) is 24.3 Å². The van der Waals surface area contributed by atoms with Crippen molar-refractivity contribution >= 4 is 5.97 Å². The number of alkyl halides is 1. The van der Waals surface area contributed by atoms with Gasteiger partial charge in [-0.05, 0) is 24.5 Å². The molecule has 0 N–H and O–H groups in total. The fourth-order valence-corrected chi connectivity index (χ4v) is 1.32. The van der Waals surface area contributed by atoms with Crippen molar-refractivity contribution in [3.8, 4) is 0 Å². The molecule has 1 aromatic rings. The van der Waals surface area contributed by atoms with Gasteiger partial charge < -0.3 is 4.74 Å². The number of ether oxygens (including phenoxy) is 1. The second-order valence-electron chi connectivity index (χ2n) is 3.36. The molecule has 0 aliphatic heterocycles. The van der Waals surface area contributed by atoms with Crippen LogP contribution in [0.2, 0.25) is 0 Å². The molecule has 0 radical (unpaired) electrons. The smallest absolute Gasteiger partial charge is 0.338 e. The third-order valence-electron chi connectivity index (χ3n) is 2.27. The van der Waals surface area contributed by atoms with E-state index >= 15 is 0 Å². The highest BCUT2D eigenvalue weighted by Gasteiger charge is 2.10. The van der Waals surface area contributed by atoms with Gasteiger partial charge in [-0.15, -0.1) is 0 Å². The number of aryl methyl sites for hydroxylation is 1. The molecule has 0 heterocycles. The molecule has 1 rings (SSSR count). The Bertz CT molecular complexity index is 319. The van der Waals surface area contributed by atoms with Crippen molar-refractivity contribution < 1.29 is 13.9 Å². The highest BCUT2D eigenvalue weighted by molar-refractivity contribution is 5.70. The zero-order chi connectivity index (χ0) is 11.3. The van der Waals surface area contributed by atoms with Crippen molar-refractivity contribution in [2.45, 2.75) is 26.4 Å². The van der Waals surface area contributed by atoms with Crippen LogP contribution >= 0.6 is 0 Å². The molecule has 0 spiro atoms. The average Bonchev–Trinajstić information content (AvgIpc) is 2.29. The summed E-state index contributed by atoms with van der Waals surface area (Å²) in [4.78, 5) is 10.7. The van der Waals surface area contributed by atoms with Crippen LogP contribution in [0.5, 0.6) is 0 Å². The summed E-state index contributed by atoms with van der Waals surface area (Å²) >= 11 is 0. The molecule has 15 heavy (non-hydrogen) atoms. The number of hydrogen-bond acceptors (Lipinski definition) is 2. The molecule has 0 bridgehead atoms. The van der Waals surface area contributed by atoms with E-state index in [9.17, 15) is 9.18 Å². The highest BCUT2D eigenvalue weighted by Crippen LogP contribution is 2.17. The number of halogens is 1. The van der Waals surface area contributed by atoms with Crippen molar-refractivity contribution in [3.63, 3.8) is 0 Å². The number of benzene rings is 1. The lowest BCUT2D eigenvalue weighted by molar-refractivity contribution is -0.149. The first kappa shape index (κ1) is 11.7. The molecule has 1 atom stereocenters. The lowest BCUT2D eigenvalue weighted by Gasteiger charge is -2.12. The van der Waals surface area contributed by atoms with E-state index in [0.717, 1.165) is 12.0 Å². The molecule has 2 nitrogen and oxygen atoms in total. The van der Waals surface area contributed by atoms with Gasteiger partial charge in [0.2, 0.25) is 0 Å². The van der Waals surface area contributed by atoms with E-state index < -0.39 is 12.6 Å². The third kappa shape index (κ3) is 3.35. The third-order valence-corrected chi connectivity index (χ3v) is 2.27.